The van der Waals surface area contributed by atoms with Crippen molar-refractivity contribution in [1.29, 1.82) is 0 Å². The zero-order chi connectivity index (χ0) is 21.5. The summed E-state index contributed by atoms with van der Waals surface area (Å²) in [5, 5.41) is 5.60. The van der Waals surface area contributed by atoms with Crippen molar-refractivity contribution in [2.24, 2.45) is 0 Å². The highest BCUT2D eigenvalue weighted by Gasteiger charge is 2.12. The number of hydrogen-bond donors (Lipinski definition) is 2. The molecule has 0 bridgehead atoms. The van der Waals surface area contributed by atoms with Crippen LogP contribution in [-0.2, 0) is 4.79 Å². The van der Waals surface area contributed by atoms with Crippen LogP contribution in [0.2, 0.25) is 0 Å². The highest BCUT2D eigenvalue weighted by atomic mass is 79.9. The molecule has 0 unspecified atom stereocenters. The van der Waals surface area contributed by atoms with Gasteiger partial charge in [0.2, 0.25) is 0 Å². The third-order valence-electron chi connectivity index (χ3n) is 4.39. The fraction of sp³-hybridized carbons (Fsp3) is 0.167. The van der Waals surface area contributed by atoms with Crippen molar-refractivity contribution >= 4 is 39.1 Å². The maximum Gasteiger partial charge on any atom is 0.262 e. The molecule has 0 atom stereocenters. The Morgan fingerprint density at radius 2 is 1.63 bits per heavy atom. The molecule has 3 aromatic rings. The number of ether oxygens (including phenoxy) is 1. The van der Waals surface area contributed by atoms with E-state index < -0.39 is 0 Å². The van der Waals surface area contributed by atoms with E-state index in [-0.39, 0.29) is 24.3 Å². The van der Waals surface area contributed by atoms with E-state index in [9.17, 15) is 9.59 Å². The van der Waals surface area contributed by atoms with Gasteiger partial charge in [-0.15, -0.1) is 0 Å². The summed E-state index contributed by atoms with van der Waals surface area (Å²) in [6.07, 6.45) is 0. The van der Waals surface area contributed by atoms with Crippen LogP contribution in [0.4, 0.5) is 11.4 Å². The smallest absolute Gasteiger partial charge is 0.262 e. The van der Waals surface area contributed by atoms with Crippen molar-refractivity contribution < 1.29 is 14.3 Å². The van der Waals surface area contributed by atoms with Gasteiger partial charge in [-0.05, 0) is 60.0 Å². The fourth-order valence-electron chi connectivity index (χ4n) is 2.91. The van der Waals surface area contributed by atoms with E-state index in [1.54, 1.807) is 24.3 Å². The van der Waals surface area contributed by atoms with Crippen LogP contribution >= 0.6 is 15.9 Å². The number of nitrogens with one attached hydrogen (secondary N) is 2. The molecule has 0 radical (unpaired) electrons. The number of anilines is 2. The van der Waals surface area contributed by atoms with Crippen LogP contribution in [-0.4, -0.2) is 18.4 Å². The number of amides is 2. The predicted molar refractivity (Wildman–Crippen MR) is 123 cm³/mol. The van der Waals surface area contributed by atoms with Crippen molar-refractivity contribution in [2.75, 3.05) is 17.2 Å². The van der Waals surface area contributed by atoms with Gasteiger partial charge in [0, 0.05) is 21.4 Å². The second-order valence-corrected chi connectivity index (χ2v) is 7.99. The average Bonchev–Trinajstić information content (AvgIpc) is 2.73. The average molecular weight is 467 g/mol. The Kier molecular flexibility index (Phi) is 7.25. The lowest BCUT2D eigenvalue weighted by molar-refractivity contribution is -0.118. The number of rotatable bonds is 7. The summed E-state index contributed by atoms with van der Waals surface area (Å²) >= 11 is 3.46. The summed E-state index contributed by atoms with van der Waals surface area (Å²) in [6.45, 7) is 4.02. The number of para-hydroxylation sites is 1. The number of hydrogen-bond acceptors (Lipinski definition) is 3. The van der Waals surface area contributed by atoms with Crippen molar-refractivity contribution in [2.45, 2.75) is 19.8 Å². The van der Waals surface area contributed by atoms with E-state index in [4.69, 9.17) is 4.74 Å². The van der Waals surface area contributed by atoms with E-state index in [1.807, 2.05) is 48.5 Å². The first-order valence-corrected chi connectivity index (χ1v) is 10.4. The molecule has 2 amide bonds. The van der Waals surface area contributed by atoms with Crippen LogP contribution in [0.3, 0.4) is 0 Å². The van der Waals surface area contributed by atoms with Gasteiger partial charge in [-0.2, -0.15) is 0 Å². The molecule has 0 fully saturated rings. The van der Waals surface area contributed by atoms with Crippen LogP contribution in [0, 0.1) is 0 Å². The number of halogens is 1. The van der Waals surface area contributed by atoms with Crippen molar-refractivity contribution in [3.05, 3.63) is 88.4 Å². The lowest BCUT2D eigenvalue weighted by Gasteiger charge is -2.14. The Balaban J connectivity index is 1.61. The van der Waals surface area contributed by atoms with E-state index in [2.05, 4.69) is 40.4 Å². The summed E-state index contributed by atoms with van der Waals surface area (Å²) in [4.78, 5) is 24.8. The van der Waals surface area contributed by atoms with Crippen LogP contribution in [0.15, 0.2) is 77.3 Å². The highest BCUT2D eigenvalue weighted by molar-refractivity contribution is 9.10. The minimum Gasteiger partial charge on any atom is -0.483 e. The van der Waals surface area contributed by atoms with Crippen molar-refractivity contribution in [3.8, 4) is 5.75 Å². The minimum atomic E-state index is -0.298. The molecule has 6 heteroatoms. The zero-order valence-electron chi connectivity index (χ0n) is 16.8. The summed E-state index contributed by atoms with van der Waals surface area (Å²) in [5.41, 5.74) is 2.72. The molecule has 0 aromatic heterocycles. The van der Waals surface area contributed by atoms with E-state index in [1.165, 1.54) is 0 Å². The quantitative estimate of drug-likeness (QED) is 0.459. The molecule has 5 nitrogen and oxygen atoms in total. The number of carbonyl (C=O) groups excluding carboxylic acids is 2. The lowest BCUT2D eigenvalue weighted by atomic mass is 10.0. The first-order chi connectivity index (χ1) is 14.4. The van der Waals surface area contributed by atoms with E-state index in [0.29, 0.717) is 22.7 Å². The standard InChI is InChI=1S/C24H23BrN2O3/c1-16(2)21-14-18(25)11-12-22(21)30-15-23(28)26-20-10-6-7-17(13-20)24(29)27-19-8-4-3-5-9-19/h3-14,16H,15H2,1-2H3,(H,26,28)(H,27,29). The summed E-state index contributed by atoms with van der Waals surface area (Å²) < 4.78 is 6.70. The third-order valence-corrected chi connectivity index (χ3v) is 4.89. The molecule has 3 aromatic carbocycles. The molecule has 0 heterocycles. The molecule has 0 aliphatic carbocycles. The van der Waals surface area contributed by atoms with Crippen LogP contribution in [0.1, 0.15) is 35.7 Å². The summed E-state index contributed by atoms with van der Waals surface area (Å²) in [7, 11) is 0. The topological polar surface area (TPSA) is 67.4 Å². The first kappa shape index (κ1) is 21.6. The second kappa shape index (κ2) is 10.1. The Morgan fingerprint density at radius 1 is 0.900 bits per heavy atom. The van der Waals surface area contributed by atoms with Gasteiger partial charge in [0.05, 0.1) is 0 Å². The normalized spacial score (nSPS) is 10.5. The minimum absolute atomic E-state index is 0.123. The predicted octanol–water partition coefficient (Wildman–Crippen LogP) is 5.84. The van der Waals surface area contributed by atoms with Gasteiger partial charge in [0.1, 0.15) is 5.75 Å². The molecule has 0 spiro atoms. The summed E-state index contributed by atoms with van der Waals surface area (Å²) in [5.74, 6) is 0.401. The third kappa shape index (κ3) is 5.94. The van der Waals surface area contributed by atoms with Gasteiger partial charge in [-0.1, -0.05) is 54.0 Å². The second-order valence-electron chi connectivity index (χ2n) is 7.07. The Labute approximate surface area is 184 Å². The van der Waals surface area contributed by atoms with Gasteiger partial charge >= 0.3 is 0 Å². The van der Waals surface area contributed by atoms with Crippen LogP contribution in [0.25, 0.3) is 0 Å². The first-order valence-electron chi connectivity index (χ1n) is 9.61. The van der Waals surface area contributed by atoms with Crippen molar-refractivity contribution in [1.82, 2.24) is 0 Å². The number of carbonyl (C=O) groups is 2. The Bertz CT molecular complexity index is 1040. The fourth-order valence-corrected chi connectivity index (χ4v) is 3.28. The largest absolute Gasteiger partial charge is 0.483 e. The van der Waals surface area contributed by atoms with E-state index >= 15 is 0 Å². The van der Waals surface area contributed by atoms with E-state index in [0.717, 1.165) is 10.0 Å². The SMILES string of the molecule is CC(C)c1cc(Br)ccc1OCC(=O)Nc1cccc(C(=O)Nc2ccccc2)c1. The Morgan fingerprint density at radius 3 is 2.37 bits per heavy atom. The lowest BCUT2D eigenvalue weighted by Crippen LogP contribution is -2.21. The molecule has 0 saturated heterocycles. The van der Waals surface area contributed by atoms with Gasteiger partial charge in [-0.25, -0.2) is 0 Å². The molecular formula is C24H23BrN2O3. The monoisotopic (exact) mass is 466 g/mol. The zero-order valence-corrected chi connectivity index (χ0v) is 18.4. The maximum atomic E-state index is 12.4. The maximum absolute atomic E-state index is 12.4. The molecule has 154 valence electrons. The molecule has 0 aliphatic rings. The number of benzene rings is 3. The van der Waals surface area contributed by atoms with Gasteiger partial charge in [0.25, 0.3) is 11.8 Å². The molecule has 0 saturated carbocycles. The summed E-state index contributed by atoms with van der Waals surface area (Å²) in [6, 6.07) is 21.7. The van der Waals surface area contributed by atoms with Crippen molar-refractivity contribution in [3.63, 3.8) is 0 Å². The van der Waals surface area contributed by atoms with Gasteiger partial charge < -0.3 is 15.4 Å². The van der Waals surface area contributed by atoms with Crippen LogP contribution < -0.4 is 15.4 Å². The Hall–Kier alpha value is -3.12. The molecule has 30 heavy (non-hydrogen) atoms. The molecule has 0 aliphatic heterocycles. The molecule has 3 rings (SSSR count). The molecule has 2 N–H and O–H groups in total. The van der Waals surface area contributed by atoms with Crippen LogP contribution in [0.5, 0.6) is 5.75 Å². The highest BCUT2D eigenvalue weighted by Crippen LogP contribution is 2.29. The van der Waals surface area contributed by atoms with Gasteiger partial charge in [0.15, 0.2) is 6.61 Å². The molecular weight excluding hydrogens is 444 g/mol. The van der Waals surface area contributed by atoms with Gasteiger partial charge in [-0.3, -0.25) is 9.59 Å².